The number of piperidine rings is 1. The molecule has 3 aromatic carbocycles. The summed E-state index contributed by atoms with van der Waals surface area (Å²) in [6, 6.07) is 23.5. The van der Waals surface area contributed by atoms with Crippen molar-refractivity contribution in [1.29, 1.82) is 0 Å². The fraction of sp³-hybridized carbons (Fsp3) is 0.269. The Morgan fingerprint density at radius 3 is 2.42 bits per heavy atom. The summed E-state index contributed by atoms with van der Waals surface area (Å²) in [5, 5.41) is 6.75. The van der Waals surface area contributed by atoms with E-state index >= 15 is 0 Å². The number of hydrogen-bond acceptors (Lipinski definition) is 4. The average Bonchev–Trinajstić information content (AvgIpc) is 3.17. The average molecular weight is 443 g/mol. The van der Waals surface area contributed by atoms with Crippen LogP contribution in [0.1, 0.15) is 24.6 Å². The monoisotopic (exact) mass is 442 g/mol. The number of rotatable bonds is 5. The molecule has 1 aliphatic heterocycles. The van der Waals surface area contributed by atoms with Crippen LogP contribution in [0, 0.1) is 0 Å². The topological polar surface area (TPSA) is 69.4 Å². The van der Waals surface area contributed by atoms with Crippen molar-refractivity contribution >= 4 is 16.7 Å². The Morgan fingerprint density at radius 2 is 1.67 bits per heavy atom. The van der Waals surface area contributed by atoms with Crippen molar-refractivity contribution in [3.63, 3.8) is 0 Å². The molecule has 2 heterocycles. The Labute approximate surface area is 191 Å². The highest BCUT2D eigenvalue weighted by atomic mass is 16.5. The highest BCUT2D eigenvalue weighted by Gasteiger charge is 2.28. The summed E-state index contributed by atoms with van der Waals surface area (Å²) >= 11 is 0. The van der Waals surface area contributed by atoms with Gasteiger partial charge in [0, 0.05) is 26.1 Å². The van der Waals surface area contributed by atoms with Crippen molar-refractivity contribution in [2.75, 3.05) is 19.7 Å². The number of ether oxygens (including phenoxy) is 1. The van der Waals surface area contributed by atoms with Gasteiger partial charge >= 0.3 is 5.69 Å². The van der Waals surface area contributed by atoms with Gasteiger partial charge in [0.15, 0.2) is 6.61 Å². The predicted octanol–water partition coefficient (Wildman–Crippen LogP) is 3.51. The van der Waals surface area contributed by atoms with Crippen molar-refractivity contribution in [3.05, 3.63) is 89.1 Å². The number of benzene rings is 3. The first-order chi connectivity index (χ1) is 16.1. The van der Waals surface area contributed by atoms with E-state index in [1.807, 2.05) is 77.7 Å². The lowest BCUT2D eigenvalue weighted by molar-refractivity contribution is -0.134. The summed E-state index contributed by atoms with van der Waals surface area (Å²) < 4.78 is 8.86. The zero-order valence-electron chi connectivity index (χ0n) is 18.6. The van der Waals surface area contributed by atoms with E-state index in [4.69, 9.17) is 4.74 Å². The number of aryl methyl sites for hydroxylation is 1. The number of para-hydroxylation sites is 1. The molecule has 7 heteroatoms. The van der Waals surface area contributed by atoms with Gasteiger partial charge in [-0.15, -0.1) is 0 Å². The molecule has 33 heavy (non-hydrogen) atoms. The number of likely N-dealkylation sites (tertiary alicyclic amines) is 1. The van der Waals surface area contributed by atoms with Crippen molar-refractivity contribution in [2.24, 2.45) is 7.05 Å². The second-order valence-corrected chi connectivity index (χ2v) is 8.39. The van der Waals surface area contributed by atoms with Crippen LogP contribution in [0.25, 0.3) is 16.5 Å². The third-order valence-corrected chi connectivity index (χ3v) is 6.26. The molecule has 1 fully saturated rings. The summed E-state index contributed by atoms with van der Waals surface area (Å²) in [6.07, 6.45) is 1.51. The van der Waals surface area contributed by atoms with Gasteiger partial charge in [0.1, 0.15) is 11.6 Å². The molecule has 168 valence electrons. The Hall–Kier alpha value is -3.87. The van der Waals surface area contributed by atoms with Crippen LogP contribution < -0.4 is 10.4 Å². The summed E-state index contributed by atoms with van der Waals surface area (Å²) in [5.41, 5.74) is 0.659. The number of nitrogens with zero attached hydrogens (tertiary/aromatic N) is 4. The fourth-order valence-electron chi connectivity index (χ4n) is 4.45. The molecule has 0 saturated carbocycles. The van der Waals surface area contributed by atoms with Gasteiger partial charge in [-0.1, -0.05) is 48.5 Å². The van der Waals surface area contributed by atoms with Gasteiger partial charge in [-0.05, 0) is 47.9 Å². The molecule has 1 aliphatic rings. The molecule has 1 aromatic heterocycles. The predicted molar refractivity (Wildman–Crippen MR) is 127 cm³/mol. The second kappa shape index (κ2) is 8.94. The van der Waals surface area contributed by atoms with Gasteiger partial charge in [0.2, 0.25) is 0 Å². The summed E-state index contributed by atoms with van der Waals surface area (Å²) in [4.78, 5) is 27.3. The van der Waals surface area contributed by atoms with Crippen LogP contribution in [0.4, 0.5) is 0 Å². The highest BCUT2D eigenvalue weighted by Crippen LogP contribution is 2.28. The van der Waals surface area contributed by atoms with Crippen molar-refractivity contribution in [3.8, 4) is 11.4 Å². The summed E-state index contributed by atoms with van der Waals surface area (Å²) in [6.45, 7) is 1.25. The van der Waals surface area contributed by atoms with Gasteiger partial charge < -0.3 is 9.64 Å². The minimum Gasteiger partial charge on any atom is -0.484 e. The van der Waals surface area contributed by atoms with E-state index < -0.39 is 0 Å². The maximum absolute atomic E-state index is 12.8. The Bertz CT molecular complexity index is 1330. The van der Waals surface area contributed by atoms with E-state index in [2.05, 4.69) is 5.10 Å². The Balaban J connectivity index is 1.23. The van der Waals surface area contributed by atoms with E-state index in [9.17, 15) is 9.59 Å². The van der Waals surface area contributed by atoms with Crippen LogP contribution in [-0.2, 0) is 11.8 Å². The normalized spacial score (nSPS) is 14.5. The van der Waals surface area contributed by atoms with E-state index in [0.29, 0.717) is 18.8 Å². The molecule has 5 rings (SSSR count). The number of carbonyl (C=O) groups excluding carboxylic acids is 1. The zero-order chi connectivity index (χ0) is 22.8. The van der Waals surface area contributed by atoms with Gasteiger partial charge in [0.05, 0.1) is 5.69 Å². The molecule has 7 nitrogen and oxygen atoms in total. The first kappa shape index (κ1) is 21.0. The van der Waals surface area contributed by atoms with Crippen LogP contribution in [0.5, 0.6) is 5.75 Å². The molecule has 4 aromatic rings. The van der Waals surface area contributed by atoms with E-state index in [0.717, 1.165) is 35.1 Å². The molecule has 0 radical (unpaired) electrons. The standard InChI is InChI=1S/C26H26N4O3/c1-28-26(32)30(22-9-3-2-4-10-22)25(27-28)20-13-15-29(16-14-20)24(31)18-33-23-12-11-19-7-5-6-8-21(19)17-23/h2-12,17,20H,13-16,18H2,1H3. The van der Waals surface area contributed by atoms with Gasteiger partial charge in [0.25, 0.3) is 5.91 Å². The Morgan fingerprint density at radius 1 is 0.970 bits per heavy atom. The molecular formula is C26H26N4O3. The molecule has 0 spiro atoms. The minimum atomic E-state index is -0.154. The minimum absolute atomic E-state index is 0.0152. The molecule has 1 saturated heterocycles. The SMILES string of the molecule is Cn1nc(C2CCN(C(=O)COc3ccc4ccccc4c3)CC2)n(-c2ccccc2)c1=O. The van der Waals surface area contributed by atoms with Crippen molar-refractivity contribution in [1.82, 2.24) is 19.2 Å². The maximum atomic E-state index is 12.8. The number of hydrogen-bond donors (Lipinski definition) is 0. The second-order valence-electron chi connectivity index (χ2n) is 8.39. The lowest BCUT2D eigenvalue weighted by atomic mass is 9.95. The van der Waals surface area contributed by atoms with Crippen LogP contribution in [0.15, 0.2) is 77.6 Å². The third-order valence-electron chi connectivity index (χ3n) is 6.26. The molecular weight excluding hydrogens is 416 g/mol. The lowest BCUT2D eigenvalue weighted by Gasteiger charge is -2.31. The lowest BCUT2D eigenvalue weighted by Crippen LogP contribution is -2.41. The molecule has 1 amide bonds. The fourth-order valence-corrected chi connectivity index (χ4v) is 4.45. The number of fused-ring (bicyclic) bond motifs is 1. The van der Waals surface area contributed by atoms with Crippen LogP contribution in [0.2, 0.25) is 0 Å². The number of aromatic nitrogens is 3. The molecule has 0 aliphatic carbocycles. The van der Waals surface area contributed by atoms with Crippen molar-refractivity contribution in [2.45, 2.75) is 18.8 Å². The van der Waals surface area contributed by atoms with Crippen LogP contribution >= 0.6 is 0 Å². The van der Waals surface area contributed by atoms with Gasteiger partial charge in [-0.2, -0.15) is 5.10 Å². The zero-order valence-corrected chi connectivity index (χ0v) is 18.6. The first-order valence-corrected chi connectivity index (χ1v) is 11.2. The van der Waals surface area contributed by atoms with Crippen LogP contribution in [0.3, 0.4) is 0 Å². The largest absolute Gasteiger partial charge is 0.484 e. The Kier molecular flexibility index (Phi) is 5.69. The number of amides is 1. The maximum Gasteiger partial charge on any atom is 0.350 e. The van der Waals surface area contributed by atoms with Crippen molar-refractivity contribution < 1.29 is 9.53 Å². The quantitative estimate of drug-likeness (QED) is 0.474. The smallest absolute Gasteiger partial charge is 0.350 e. The number of carbonyl (C=O) groups is 1. The van der Waals surface area contributed by atoms with Crippen LogP contribution in [-0.4, -0.2) is 44.9 Å². The van der Waals surface area contributed by atoms with Gasteiger partial charge in [-0.3, -0.25) is 4.79 Å². The van der Waals surface area contributed by atoms with Gasteiger partial charge in [-0.25, -0.2) is 14.0 Å². The van der Waals surface area contributed by atoms with E-state index in [1.54, 1.807) is 11.6 Å². The first-order valence-electron chi connectivity index (χ1n) is 11.2. The molecule has 0 unspecified atom stereocenters. The molecule has 0 atom stereocenters. The summed E-state index contributed by atoms with van der Waals surface area (Å²) in [5.74, 6) is 1.54. The third kappa shape index (κ3) is 4.26. The van der Waals surface area contributed by atoms with E-state index in [-0.39, 0.29) is 24.1 Å². The van der Waals surface area contributed by atoms with E-state index in [1.165, 1.54) is 4.68 Å². The highest BCUT2D eigenvalue weighted by molar-refractivity contribution is 5.84. The molecule has 0 bridgehead atoms. The summed E-state index contributed by atoms with van der Waals surface area (Å²) in [7, 11) is 1.67. The molecule has 0 N–H and O–H groups in total.